The van der Waals surface area contributed by atoms with E-state index in [-0.39, 0.29) is 29.8 Å². The molecule has 2 aliphatic rings. The molecule has 2 fully saturated rings. The molecule has 5 heteroatoms. The molecule has 2 rings (SSSR count). The van der Waals surface area contributed by atoms with Crippen LogP contribution in [0.1, 0.15) is 45.4 Å². The quantitative estimate of drug-likeness (QED) is 0.789. The molecule has 1 aliphatic heterocycles. The van der Waals surface area contributed by atoms with E-state index in [9.17, 15) is 9.59 Å². The Morgan fingerprint density at radius 2 is 1.90 bits per heavy atom. The molecule has 114 valence electrons. The molecule has 2 amide bonds. The van der Waals surface area contributed by atoms with Crippen LogP contribution in [0.4, 0.5) is 0 Å². The summed E-state index contributed by atoms with van der Waals surface area (Å²) in [5.74, 6) is 0.331. The van der Waals surface area contributed by atoms with Crippen molar-refractivity contribution in [2.24, 2.45) is 17.6 Å². The van der Waals surface area contributed by atoms with Crippen molar-refractivity contribution >= 4 is 11.8 Å². The minimum atomic E-state index is -0.300. The monoisotopic (exact) mass is 281 g/mol. The summed E-state index contributed by atoms with van der Waals surface area (Å²) in [6.45, 7) is 2.81. The Balaban J connectivity index is 2.11. The average Bonchev–Trinajstić information content (AvgIpc) is 2.48. The summed E-state index contributed by atoms with van der Waals surface area (Å²) in [5, 5.41) is 2.68. The van der Waals surface area contributed by atoms with E-state index in [2.05, 4.69) is 12.2 Å². The molecule has 0 aromatic carbocycles. The van der Waals surface area contributed by atoms with Gasteiger partial charge >= 0.3 is 0 Å². The van der Waals surface area contributed by atoms with Crippen molar-refractivity contribution < 1.29 is 9.59 Å². The lowest BCUT2D eigenvalue weighted by atomic mass is 9.77. The zero-order valence-corrected chi connectivity index (χ0v) is 12.6. The molecule has 1 aliphatic carbocycles. The molecule has 0 bridgehead atoms. The van der Waals surface area contributed by atoms with Gasteiger partial charge in [-0.1, -0.05) is 13.3 Å². The second kappa shape index (κ2) is 6.57. The first-order valence-electron chi connectivity index (χ1n) is 7.84. The molecular weight excluding hydrogens is 254 g/mol. The molecule has 20 heavy (non-hydrogen) atoms. The molecule has 3 N–H and O–H groups in total. The maximum atomic E-state index is 12.8. The van der Waals surface area contributed by atoms with Gasteiger partial charge < -0.3 is 16.0 Å². The summed E-state index contributed by atoms with van der Waals surface area (Å²) in [4.78, 5) is 26.6. The molecule has 0 aromatic rings. The molecule has 1 saturated carbocycles. The summed E-state index contributed by atoms with van der Waals surface area (Å²) in [5.41, 5.74) is 6.24. The topological polar surface area (TPSA) is 75.4 Å². The van der Waals surface area contributed by atoms with Gasteiger partial charge in [-0.3, -0.25) is 9.59 Å². The summed E-state index contributed by atoms with van der Waals surface area (Å²) < 4.78 is 0. The Hall–Kier alpha value is -1.10. The van der Waals surface area contributed by atoms with Gasteiger partial charge in [0, 0.05) is 19.6 Å². The van der Waals surface area contributed by atoms with Crippen molar-refractivity contribution in [3.05, 3.63) is 0 Å². The highest BCUT2D eigenvalue weighted by molar-refractivity contribution is 5.89. The number of hydrogen-bond acceptors (Lipinski definition) is 3. The number of hydrogen-bond donors (Lipinski definition) is 2. The van der Waals surface area contributed by atoms with Crippen LogP contribution in [0, 0.1) is 11.8 Å². The number of carbonyl (C=O) groups excluding carboxylic acids is 2. The van der Waals surface area contributed by atoms with Crippen molar-refractivity contribution in [3.63, 3.8) is 0 Å². The Bertz CT molecular complexity index is 372. The zero-order chi connectivity index (χ0) is 14.7. The maximum Gasteiger partial charge on any atom is 0.242 e. The number of rotatable bonds is 2. The largest absolute Gasteiger partial charge is 0.357 e. The second-order valence-corrected chi connectivity index (χ2v) is 6.25. The number of likely N-dealkylation sites (tertiary alicyclic amines) is 1. The predicted octanol–water partition coefficient (Wildman–Crippen LogP) is 0.877. The van der Waals surface area contributed by atoms with Gasteiger partial charge in [0.15, 0.2) is 0 Å². The Morgan fingerprint density at radius 1 is 1.15 bits per heavy atom. The molecular formula is C15H27N3O2. The lowest BCUT2D eigenvalue weighted by molar-refractivity contribution is -0.147. The first-order valence-corrected chi connectivity index (χ1v) is 7.84. The van der Waals surface area contributed by atoms with Crippen molar-refractivity contribution in [1.82, 2.24) is 10.2 Å². The van der Waals surface area contributed by atoms with Gasteiger partial charge in [0.1, 0.15) is 6.04 Å². The van der Waals surface area contributed by atoms with Gasteiger partial charge in [-0.25, -0.2) is 0 Å². The predicted molar refractivity (Wildman–Crippen MR) is 77.9 cm³/mol. The Kier molecular flexibility index (Phi) is 5.02. The average molecular weight is 281 g/mol. The molecule has 0 aromatic heterocycles. The van der Waals surface area contributed by atoms with E-state index < -0.39 is 0 Å². The summed E-state index contributed by atoms with van der Waals surface area (Å²) >= 11 is 0. The Morgan fingerprint density at radius 3 is 2.60 bits per heavy atom. The summed E-state index contributed by atoms with van der Waals surface area (Å²) in [7, 11) is 1.63. The van der Waals surface area contributed by atoms with Crippen LogP contribution >= 0.6 is 0 Å². The molecule has 0 radical (unpaired) electrons. The molecule has 5 nitrogen and oxygen atoms in total. The van der Waals surface area contributed by atoms with Crippen molar-refractivity contribution in [1.29, 1.82) is 0 Å². The van der Waals surface area contributed by atoms with Crippen LogP contribution < -0.4 is 11.1 Å². The van der Waals surface area contributed by atoms with Crippen molar-refractivity contribution in [2.75, 3.05) is 13.6 Å². The summed E-state index contributed by atoms with van der Waals surface area (Å²) in [6.07, 6.45) is 5.78. The van der Waals surface area contributed by atoms with E-state index in [1.807, 2.05) is 0 Å². The van der Waals surface area contributed by atoms with E-state index in [1.54, 1.807) is 11.9 Å². The molecule has 1 saturated heterocycles. The highest BCUT2D eigenvalue weighted by atomic mass is 16.2. The van der Waals surface area contributed by atoms with Crippen molar-refractivity contribution in [2.45, 2.75) is 57.5 Å². The molecule has 4 unspecified atom stereocenters. The fourth-order valence-corrected chi connectivity index (χ4v) is 3.58. The first kappa shape index (κ1) is 15.3. The van der Waals surface area contributed by atoms with Crippen LogP contribution in [-0.4, -0.2) is 42.4 Å². The molecule has 0 spiro atoms. The minimum absolute atomic E-state index is 0.0459. The number of carbonyl (C=O) groups is 2. The smallest absolute Gasteiger partial charge is 0.242 e. The van der Waals surface area contributed by atoms with Gasteiger partial charge in [-0.05, 0) is 38.0 Å². The van der Waals surface area contributed by atoms with Gasteiger partial charge in [-0.15, -0.1) is 0 Å². The van der Waals surface area contributed by atoms with E-state index >= 15 is 0 Å². The third kappa shape index (κ3) is 2.97. The van der Waals surface area contributed by atoms with E-state index in [0.717, 1.165) is 38.5 Å². The number of nitrogens with two attached hydrogens (primary N) is 1. The maximum absolute atomic E-state index is 12.8. The number of nitrogens with one attached hydrogen (secondary N) is 1. The molecule has 1 heterocycles. The number of likely N-dealkylation sites (N-methyl/N-ethyl adjacent to an activating group) is 1. The van der Waals surface area contributed by atoms with Crippen molar-refractivity contribution in [3.8, 4) is 0 Å². The van der Waals surface area contributed by atoms with Crippen LogP contribution in [0.5, 0.6) is 0 Å². The highest BCUT2D eigenvalue weighted by Crippen LogP contribution is 2.31. The van der Waals surface area contributed by atoms with E-state index in [1.165, 1.54) is 0 Å². The first-order chi connectivity index (χ1) is 9.56. The molecule has 4 atom stereocenters. The van der Waals surface area contributed by atoms with Gasteiger partial charge in [0.2, 0.25) is 11.8 Å². The third-order valence-corrected chi connectivity index (χ3v) is 4.95. The van der Waals surface area contributed by atoms with E-state index in [4.69, 9.17) is 5.73 Å². The zero-order valence-electron chi connectivity index (χ0n) is 12.6. The number of amides is 2. The fourth-order valence-electron chi connectivity index (χ4n) is 3.58. The van der Waals surface area contributed by atoms with Crippen LogP contribution in [0.15, 0.2) is 0 Å². The lowest BCUT2D eigenvalue weighted by Gasteiger charge is -2.40. The van der Waals surface area contributed by atoms with Gasteiger partial charge in [-0.2, -0.15) is 0 Å². The van der Waals surface area contributed by atoms with Gasteiger partial charge in [0.05, 0.1) is 5.92 Å². The van der Waals surface area contributed by atoms with Crippen LogP contribution in [0.25, 0.3) is 0 Å². The standard InChI is InChI=1S/C15H27N3O2/c1-10-6-5-7-11(13(10)16)15(20)18-9-4-3-8-12(18)14(19)17-2/h10-13H,3-9,16H2,1-2H3,(H,17,19). The second-order valence-electron chi connectivity index (χ2n) is 6.25. The van der Waals surface area contributed by atoms with Gasteiger partial charge in [0.25, 0.3) is 0 Å². The van der Waals surface area contributed by atoms with Crippen LogP contribution in [0.3, 0.4) is 0 Å². The minimum Gasteiger partial charge on any atom is -0.357 e. The fraction of sp³-hybridized carbons (Fsp3) is 0.867. The SMILES string of the molecule is CNC(=O)C1CCCCN1C(=O)C1CCCC(C)C1N. The van der Waals surface area contributed by atoms with Crippen LogP contribution in [-0.2, 0) is 9.59 Å². The number of nitrogens with zero attached hydrogens (tertiary/aromatic N) is 1. The highest BCUT2D eigenvalue weighted by Gasteiger charge is 2.39. The Labute approximate surface area is 121 Å². The normalized spacial score (nSPS) is 34.6. The summed E-state index contributed by atoms with van der Waals surface area (Å²) in [6, 6.07) is -0.366. The van der Waals surface area contributed by atoms with E-state index in [0.29, 0.717) is 12.5 Å². The van der Waals surface area contributed by atoms with Crippen LogP contribution in [0.2, 0.25) is 0 Å². The lowest BCUT2D eigenvalue weighted by Crippen LogP contribution is -2.56. The number of piperidine rings is 1. The third-order valence-electron chi connectivity index (χ3n) is 4.95.